The molecule has 9 heteroatoms. The van der Waals surface area contributed by atoms with E-state index in [0.717, 1.165) is 18.4 Å². The zero-order valence-corrected chi connectivity index (χ0v) is 18.7. The van der Waals surface area contributed by atoms with Gasteiger partial charge in [-0.15, -0.1) is 5.10 Å². The van der Waals surface area contributed by atoms with Crippen molar-refractivity contribution >= 4 is 21.8 Å². The van der Waals surface area contributed by atoms with E-state index in [-0.39, 0.29) is 35.4 Å². The van der Waals surface area contributed by atoms with Crippen molar-refractivity contribution in [3.63, 3.8) is 0 Å². The van der Waals surface area contributed by atoms with Crippen molar-refractivity contribution in [1.29, 1.82) is 0 Å². The number of aromatic nitrogens is 2. The topological polar surface area (TPSA) is 111 Å². The number of nitrogens with zero attached hydrogens (tertiary/aromatic N) is 2. The number of hydrogen-bond donors (Lipinski definition) is 1. The molecule has 3 aromatic rings. The van der Waals surface area contributed by atoms with Crippen LogP contribution in [0.1, 0.15) is 36.8 Å². The summed E-state index contributed by atoms with van der Waals surface area (Å²) in [6, 6.07) is 12.3. The van der Waals surface area contributed by atoms with E-state index in [1.165, 1.54) is 43.2 Å². The van der Waals surface area contributed by atoms with Crippen molar-refractivity contribution in [3.05, 3.63) is 53.6 Å². The second kappa shape index (κ2) is 9.52. The Balaban J connectivity index is 1.30. The van der Waals surface area contributed by atoms with Crippen LogP contribution < -0.4 is 10.1 Å². The first-order valence-corrected chi connectivity index (χ1v) is 12.2. The van der Waals surface area contributed by atoms with E-state index in [9.17, 15) is 13.2 Å². The lowest BCUT2D eigenvalue weighted by Crippen LogP contribution is -2.14. The van der Waals surface area contributed by atoms with E-state index in [1.807, 2.05) is 6.07 Å². The van der Waals surface area contributed by atoms with Crippen LogP contribution in [0.15, 0.2) is 51.8 Å². The van der Waals surface area contributed by atoms with E-state index in [2.05, 4.69) is 27.6 Å². The predicted octanol–water partition coefficient (Wildman–Crippen LogP) is 3.82. The van der Waals surface area contributed by atoms with E-state index in [4.69, 9.17) is 9.15 Å². The van der Waals surface area contributed by atoms with Crippen LogP contribution in [0.25, 0.3) is 11.5 Å². The van der Waals surface area contributed by atoms with Gasteiger partial charge in [-0.1, -0.05) is 11.2 Å². The number of fused-ring (bicyclic) bond motifs is 1. The second-order valence-corrected chi connectivity index (χ2v) is 9.86. The Kier molecular flexibility index (Phi) is 6.55. The molecule has 32 heavy (non-hydrogen) atoms. The molecule has 0 bridgehead atoms. The molecule has 0 spiro atoms. The monoisotopic (exact) mass is 455 g/mol. The molecule has 1 N–H and O–H groups in total. The largest absolute Gasteiger partial charge is 0.497 e. The molecular weight excluding hydrogens is 430 g/mol. The summed E-state index contributed by atoms with van der Waals surface area (Å²) in [5, 5.41) is 10.5. The first-order valence-electron chi connectivity index (χ1n) is 10.6. The first-order chi connectivity index (χ1) is 15.4. The molecule has 1 aliphatic rings. The summed E-state index contributed by atoms with van der Waals surface area (Å²) in [4.78, 5) is 12.4. The molecule has 0 radical (unpaired) electrons. The Labute approximate surface area is 186 Å². The molecule has 0 aliphatic heterocycles. The molecular formula is C23H25N3O5S. The number of carbonyl (C=O) groups excluding carboxylic acids is 1. The highest BCUT2D eigenvalue weighted by atomic mass is 32.2. The Hall–Kier alpha value is -3.20. The van der Waals surface area contributed by atoms with Gasteiger partial charge in [0.1, 0.15) is 5.75 Å². The van der Waals surface area contributed by atoms with Crippen molar-refractivity contribution in [2.24, 2.45) is 0 Å². The summed E-state index contributed by atoms with van der Waals surface area (Å²) in [6.45, 7) is 0. The maximum absolute atomic E-state index is 12.4. The van der Waals surface area contributed by atoms with Gasteiger partial charge in [-0.05, 0) is 79.6 Å². The Morgan fingerprint density at radius 3 is 2.56 bits per heavy atom. The van der Waals surface area contributed by atoms with Crippen molar-refractivity contribution in [1.82, 2.24) is 10.2 Å². The van der Waals surface area contributed by atoms with Gasteiger partial charge in [0.05, 0.1) is 17.8 Å². The predicted molar refractivity (Wildman–Crippen MR) is 119 cm³/mol. The number of benzene rings is 2. The van der Waals surface area contributed by atoms with Gasteiger partial charge in [-0.3, -0.25) is 10.1 Å². The molecule has 0 atom stereocenters. The Morgan fingerprint density at radius 1 is 1.06 bits per heavy atom. The highest BCUT2D eigenvalue weighted by molar-refractivity contribution is 7.91. The number of anilines is 1. The van der Waals surface area contributed by atoms with E-state index >= 15 is 0 Å². The average molecular weight is 456 g/mol. The quantitative estimate of drug-likeness (QED) is 0.550. The average Bonchev–Trinajstić information content (AvgIpc) is 3.27. The molecule has 1 heterocycles. The van der Waals surface area contributed by atoms with Crippen LogP contribution in [-0.2, 0) is 27.5 Å². The van der Waals surface area contributed by atoms with Crippen LogP contribution in [0.5, 0.6) is 5.75 Å². The summed E-state index contributed by atoms with van der Waals surface area (Å²) in [5.74, 6) is 0.403. The number of ether oxygens (including phenoxy) is 1. The zero-order valence-electron chi connectivity index (χ0n) is 17.8. The molecule has 1 aliphatic carbocycles. The minimum atomic E-state index is -3.48. The number of amides is 1. The molecule has 0 saturated carbocycles. The molecule has 1 aromatic heterocycles. The van der Waals surface area contributed by atoms with Gasteiger partial charge in [0, 0.05) is 12.0 Å². The van der Waals surface area contributed by atoms with E-state index < -0.39 is 9.84 Å². The molecule has 168 valence electrons. The zero-order chi connectivity index (χ0) is 22.6. The van der Waals surface area contributed by atoms with E-state index in [1.54, 1.807) is 12.1 Å². The van der Waals surface area contributed by atoms with Crippen LogP contribution in [0.2, 0.25) is 0 Å². The van der Waals surface area contributed by atoms with Gasteiger partial charge < -0.3 is 9.15 Å². The molecule has 1 amide bonds. The molecule has 0 unspecified atom stereocenters. The minimum Gasteiger partial charge on any atom is -0.497 e. The number of hydrogen-bond acceptors (Lipinski definition) is 7. The van der Waals surface area contributed by atoms with Gasteiger partial charge >= 0.3 is 6.01 Å². The van der Waals surface area contributed by atoms with Crippen molar-refractivity contribution in [2.75, 3.05) is 18.2 Å². The normalized spacial score (nSPS) is 13.4. The summed E-state index contributed by atoms with van der Waals surface area (Å²) in [5.41, 5.74) is 3.48. The fourth-order valence-electron chi connectivity index (χ4n) is 3.76. The third-order valence-corrected chi connectivity index (χ3v) is 7.32. The smallest absolute Gasteiger partial charge is 0.322 e. The lowest BCUT2D eigenvalue weighted by atomic mass is 9.90. The number of sulfone groups is 1. The fraction of sp³-hybridized carbons (Fsp3) is 0.348. The SMILES string of the molecule is COc1ccc(S(=O)(=O)CCCC(=O)Nc2nnc(-c3ccc4c(c3)CCCC4)o2)cc1. The summed E-state index contributed by atoms with van der Waals surface area (Å²) in [7, 11) is -1.97. The summed E-state index contributed by atoms with van der Waals surface area (Å²) in [6.07, 6.45) is 4.72. The van der Waals surface area contributed by atoms with Crippen LogP contribution in [0, 0.1) is 0 Å². The van der Waals surface area contributed by atoms with Crippen LogP contribution in [0.3, 0.4) is 0 Å². The number of nitrogens with one attached hydrogen (secondary N) is 1. The first kappa shape index (κ1) is 22.0. The molecule has 8 nitrogen and oxygen atoms in total. The highest BCUT2D eigenvalue weighted by Crippen LogP contribution is 2.27. The molecule has 2 aromatic carbocycles. The minimum absolute atomic E-state index is 0.000678. The summed E-state index contributed by atoms with van der Waals surface area (Å²) < 4.78 is 35.5. The molecule has 0 fully saturated rings. The standard InChI is InChI=1S/C23H25N3O5S/c1-30-19-10-12-20(13-11-19)32(28,29)14-4-7-21(27)24-23-26-25-22(31-23)18-9-8-16-5-2-3-6-17(16)15-18/h8-13,15H,2-7,14H2,1H3,(H,24,26,27). The lowest BCUT2D eigenvalue weighted by Gasteiger charge is -2.15. The maximum Gasteiger partial charge on any atom is 0.322 e. The van der Waals surface area contributed by atoms with Gasteiger partial charge in [0.25, 0.3) is 0 Å². The maximum atomic E-state index is 12.4. The second-order valence-electron chi connectivity index (χ2n) is 7.75. The van der Waals surface area contributed by atoms with Crippen molar-refractivity contribution in [2.45, 2.75) is 43.4 Å². The van der Waals surface area contributed by atoms with Crippen molar-refractivity contribution in [3.8, 4) is 17.2 Å². The molecule has 4 rings (SSSR count). The third-order valence-electron chi connectivity index (χ3n) is 5.50. The summed E-state index contributed by atoms with van der Waals surface area (Å²) >= 11 is 0. The van der Waals surface area contributed by atoms with Crippen LogP contribution >= 0.6 is 0 Å². The Bertz CT molecular complexity index is 1200. The number of methoxy groups -OCH3 is 1. The fourth-order valence-corrected chi connectivity index (χ4v) is 5.07. The van der Waals surface area contributed by atoms with Crippen LogP contribution in [0.4, 0.5) is 6.01 Å². The number of aryl methyl sites for hydroxylation is 2. The third kappa shape index (κ3) is 5.16. The molecule has 0 saturated heterocycles. The lowest BCUT2D eigenvalue weighted by molar-refractivity contribution is -0.116. The van der Waals surface area contributed by atoms with Gasteiger partial charge in [0.15, 0.2) is 9.84 Å². The Morgan fingerprint density at radius 2 is 1.81 bits per heavy atom. The number of rotatable bonds is 8. The van der Waals surface area contributed by atoms with E-state index in [0.29, 0.717) is 11.6 Å². The highest BCUT2D eigenvalue weighted by Gasteiger charge is 2.17. The van der Waals surface area contributed by atoms with Gasteiger partial charge in [-0.25, -0.2) is 8.42 Å². The number of carbonyl (C=O) groups is 1. The van der Waals surface area contributed by atoms with Crippen LogP contribution in [-0.4, -0.2) is 37.4 Å². The van der Waals surface area contributed by atoms with Crippen molar-refractivity contribution < 1.29 is 22.4 Å². The van der Waals surface area contributed by atoms with Gasteiger partial charge in [0.2, 0.25) is 11.8 Å². The van der Waals surface area contributed by atoms with Gasteiger partial charge in [-0.2, -0.15) is 0 Å².